The first-order chi connectivity index (χ1) is 11.1. The van der Waals surface area contributed by atoms with E-state index in [1.54, 1.807) is 11.8 Å². The maximum absolute atomic E-state index is 12.1. The second kappa shape index (κ2) is 8.99. The summed E-state index contributed by atoms with van der Waals surface area (Å²) in [6, 6.07) is 15.9. The Morgan fingerprint density at radius 2 is 1.78 bits per heavy atom. The highest BCUT2D eigenvalue weighted by atomic mass is 35.5. The van der Waals surface area contributed by atoms with Crippen LogP contribution in [0.3, 0.4) is 0 Å². The van der Waals surface area contributed by atoms with Gasteiger partial charge >= 0.3 is 0 Å². The topological polar surface area (TPSA) is 29.1 Å². The maximum atomic E-state index is 12.1. The Labute approximate surface area is 147 Å². The minimum atomic E-state index is 0.00264. The highest BCUT2D eigenvalue weighted by molar-refractivity contribution is 7.98. The summed E-state index contributed by atoms with van der Waals surface area (Å²) in [7, 11) is 0. The largest absolute Gasteiger partial charge is 0.350 e. The van der Waals surface area contributed by atoms with E-state index in [0.29, 0.717) is 5.56 Å². The molecule has 2 aromatic rings. The molecule has 0 aliphatic heterocycles. The summed E-state index contributed by atoms with van der Waals surface area (Å²) in [6.45, 7) is 4.16. The third kappa shape index (κ3) is 5.92. The fourth-order valence-corrected chi connectivity index (χ4v) is 3.24. The lowest BCUT2D eigenvalue weighted by molar-refractivity contribution is 0.0938. The summed E-state index contributed by atoms with van der Waals surface area (Å²) in [6.07, 6.45) is 2.07. The normalized spacial score (nSPS) is 12.0. The number of carbonyl (C=O) groups excluding carboxylic acids is 1. The summed E-state index contributed by atoms with van der Waals surface area (Å²) in [5, 5.41) is 3.77. The molecule has 0 aromatic heterocycles. The van der Waals surface area contributed by atoms with Crippen molar-refractivity contribution in [1.82, 2.24) is 5.32 Å². The van der Waals surface area contributed by atoms with Gasteiger partial charge in [0.1, 0.15) is 0 Å². The van der Waals surface area contributed by atoms with Crippen LogP contribution in [0.4, 0.5) is 0 Å². The van der Waals surface area contributed by atoms with Crippen molar-refractivity contribution in [2.24, 2.45) is 0 Å². The zero-order chi connectivity index (χ0) is 16.7. The van der Waals surface area contributed by atoms with Crippen molar-refractivity contribution in [2.75, 3.05) is 0 Å². The fraction of sp³-hybridized carbons (Fsp3) is 0.316. The number of amides is 1. The molecule has 1 amide bonds. The molecule has 0 saturated heterocycles. The van der Waals surface area contributed by atoms with Gasteiger partial charge in [-0.3, -0.25) is 4.79 Å². The number of thioether (sulfide) groups is 1. The van der Waals surface area contributed by atoms with Crippen LogP contribution in [0.15, 0.2) is 53.4 Å². The summed E-state index contributed by atoms with van der Waals surface area (Å²) in [4.78, 5) is 13.3. The molecule has 0 fully saturated rings. The maximum Gasteiger partial charge on any atom is 0.251 e. The fourth-order valence-electron chi connectivity index (χ4n) is 2.26. The van der Waals surface area contributed by atoms with Gasteiger partial charge in [-0.1, -0.05) is 37.1 Å². The number of halogens is 1. The molecular formula is C19H22ClNOS. The van der Waals surface area contributed by atoms with Crippen LogP contribution >= 0.6 is 23.4 Å². The monoisotopic (exact) mass is 347 g/mol. The second-order valence-corrected chi connectivity index (χ2v) is 7.09. The van der Waals surface area contributed by atoms with E-state index in [9.17, 15) is 4.79 Å². The van der Waals surface area contributed by atoms with Crippen LogP contribution < -0.4 is 5.32 Å². The summed E-state index contributed by atoms with van der Waals surface area (Å²) < 4.78 is 0. The minimum absolute atomic E-state index is 0.00264. The van der Waals surface area contributed by atoms with Crippen LogP contribution in [-0.2, 0) is 5.75 Å². The standard InChI is InChI=1S/C19H22ClNOS/c1-3-4-14(2)21-19(22)16-7-5-15(6-8-16)13-23-18-11-9-17(20)10-12-18/h5-12,14H,3-4,13H2,1-2H3,(H,21,22)/t14-/m0/s1. The molecule has 0 saturated carbocycles. The Bertz CT molecular complexity index is 625. The molecule has 2 aromatic carbocycles. The summed E-state index contributed by atoms with van der Waals surface area (Å²) in [5.74, 6) is 0.873. The number of hydrogen-bond donors (Lipinski definition) is 1. The molecule has 1 atom stereocenters. The van der Waals surface area contributed by atoms with Gasteiger partial charge in [-0.15, -0.1) is 11.8 Å². The van der Waals surface area contributed by atoms with Crippen LogP contribution in [0.5, 0.6) is 0 Å². The predicted octanol–water partition coefficient (Wildman–Crippen LogP) is 5.55. The van der Waals surface area contributed by atoms with Crippen LogP contribution in [-0.4, -0.2) is 11.9 Å². The number of hydrogen-bond acceptors (Lipinski definition) is 2. The molecule has 0 spiro atoms. The van der Waals surface area contributed by atoms with Crippen molar-refractivity contribution >= 4 is 29.3 Å². The van der Waals surface area contributed by atoms with Crippen molar-refractivity contribution in [3.8, 4) is 0 Å². The Morgan fingerprint density at radius 1 is 1.13 bits per heavy atom. The molecule has 0 radical (unpaired) electrons. The Morgan fingerprint density at radius 3 is 2.39 bits per heavy atom. The predicted molar refractivity (Wildman–Crippen MR) is 99.3 cm³/mol. The van der Waals surface area contributed by atoms with Crippen molar-refractivity contribution < 1.29 is 4.79 Å². The molecule has 1 N–H and O–H groups in total. The highest BCUT2D eigenvalue weighted by Gasteiger charge is 2.09. The summed E-state index contributed by atoms with van der Waals surface area (Å²) >= 11 is 7.64. The van der Waals surface area contributed by atoms with Crippen LogP contribution in [0.1, 0.15) is 42.6 Å². The van der Waals surface area contributed by atoms with E-state index in [1.807, 2.05) is 55.5 Å². The molecule has 0 aliphatic rings. The number of rotatable bonds is 7. The van der Waals surface area contributed by atoms with Crippen LogP contribution in [0.2, 0.25) is 5.02 Å². The third-order valence-electron chi connectivity index (χ3n) is 3.53. The zero-order valence-electron chi connectivity index (χ0n) is 13.5. The first-order valence-corrected chi connectivity index (χ1v) is 9.23. The molecule has 0 bridgehead atoms. The number of nitrogens with one attached hydrogen (secondary N) is 1. The molecule has 0 aliphatic carbocycles. The van der Waals surface area contributed by atoms with E-state index in [4.69, 9.17) is 11.6 Å². The average Bonchev–Trinajstić information content (AvgIpc) is 2.55. The average molecular weight is 348 g/mol. The quantitative estimate of drug-likeness (QED) is 0.665. The Hall–Kier alpha value is -1.45. The molecule has 2 rings (SSSR count). The number of benzene rings is 2. The van der Waals surface area contributed by atoms with Crippen molar-refractivity contribution in [1.29, 1.82) is 0 Å². The first-order valence-electron chi connectivity index (χ1n) is 7.86. The lowest BCUT2D eigenvalue weighted by Gasteiger charge is -2.12. The van der Waals surface area contributed by atoms with Crippen molar-refractivity contribution in [3.05, 3.63) is 64.7 Å². The Balaban J connectivity index is 1.88. The van der Waals surface area contributed by atoms with Gasteiger partial charge in [-0.05, 0) is 55.3 Å². The van der Waals surface area contributed by atoms with Crippen molar-refractivity contribution in [2.45, 2.75) is 43.4 Å². The lowest BCUT2D eigenvalue weighted by Crippen LogP contribution is -2.32. The van der Waals surface area contributed by atoms with Gasteiger partial charge in [0.15, 0.2) is 0 Å². The van der Waals surface area contributed by atoms with Gasteiger partial charge in [-0.25, -0.2) is 0 Å². The SMILES string of the molecule is CCC[C@H](C)NC(=O)c1ccc(CSc2ccc(Cl)cc2)cc1. The summed E-state index contributed by atoms with van der Waals surface area (Å²) in [5.41, 5.74) is 1.91. The van der Waals surface area contributed by atoms with Gasteiger partial charge in [0.2, 0.25) is 0 Å². The van der Waals surface area contributed by atoms with Gasteiger partial charge in [0.25, 0.3) is 5.91 Å². The third-order valence-corrected chi connectivity index (χ3v) is 4.87. The molecule has 0 heterocycles. The Kier molecular flexibility index (Phi) is 7.00. The van der Waals surface area contributed by atoms with Gasteiger partial charge in [0.05, 0.1) is 0 Å². The molecule has 0 unspecified atom stereocenters. The van der Waals surface area contributed by atoms with E-state index in [-0.39, 0.29) is 11.9 Å². The van der Waals surface area contributed by atoms with Gasteiger partial charge in [0, 0.05) is 27.3 Å². The van der Waals surface area contributed by atoms with E-state index in [1.165, 1.54) is 10.5 Å². The molecular weight excluding hydrogens is 326 g/mol. The molecule has 122 valence electrons. The second-order valence-electron chi connectivity index (χ2n) is 5.60. The van der Waals surface area contributed by atoms with Crippen LogP contribution in [0.25, 0.3) is 0 Å². The first kappa shape index (κ1) is 17.9. The highest BCUT2D eigenvalue weighted by Crippen LogP contribution is 2.24. The molecule has 4 heteroatoms. The van der Waals surface area contributed by atoms with E-state index in [2.05, 4.69) is 12.2 Å². The minimum Gasteiger partial charge on any atom is -0.350 e. The molecule has 23 heavy (non-hydrogen) atoms. The van der Waals surface area contributed by atoms with Gasteiger partial charge < -0.3 is 5.32 Å². The molecule has 2 nitrogen and oxygen atoms in total. The van der Waals surface area contributed by atoms with Crippen molar-refractivity contribution in [3.63, 3.8) is 0 Å². The lowest BCUT2D eigenvalue weighted by atomic mass is 10.1. The van der Waals surface area contributed by atoms with E-state index >= 15 is 0 Å². The van der Waals surface area contributed by atoms with Gasteiger partial charge in [-0.2, -0.15) is 0 Å². The van der Waals surface area contributed by atoms with E-state index in [0.717, 1.165) is 23.6 Å². The van der Waals surface area contributed by atoms with Crippen LogP contribution in [0, 0.1) is 0 Å². The smallest absolute Gasteiger partial charge is 0.251 e. The zero-order valence-corrected chi connectivity index (χ0v) is 15.1. The number of carbonyl (C=O) groups is 1. The van der Waals surface area contributed by atoms with E-state index < -0.39 is 0 Å².